The summed E-state index contributed by atoms with van der Waals surface area (Å²) in [6.07, 6.45) is 11.5. The Kier molecular flexibility index (Phi) is 32.1. The topological polar surface area (TPSA) is 127 Å². The third-order valence-electron chi connectivity index (χ3n) is 13.4. The molecule has 4 aromatic heterocycles. The molecule has 0 saturated heterocycles. The minimum atomic E-state index is 0. The van der Waals surface area contributed by atoms with Gasteiger partial charge in [0.05, 0.1) is 46.6 Å². The molecule has 4 aromatic carbocycles. The van der Waals surface area contributed by atoms with Crippen LogP contribution in [0.15, 0.2) is 184 Å². The van der Waals surface area contributed by atoms with Gasteiger partial charge < -0.3 is 19.6 Å². The second kappa shape index (κ2) is 38.0. The van der Waals surface area contributed by atoms with Crippen LogP contribution in [-0.4, -0.2) is 52.4 Å². The quantitative estimate of drug-likeness (QED) is 0.0263. The van der Waals surface area contributed by atoms with Gasteiger partial charge >= 0.3 is 20.5 Å². The van der Waals surface area contributed by atoms with Gasteiger partial charge in [0, 0.05) is 96.6 Å². The van der Waals surface area contributed by atoms with E-state index >= 15 is 0 Å². The van der Waals surface area contributed by atoms with E-state index in [1.54, 1.807) is 45.3 Å². The van der Waals surface area contributed by atoms with Gasteiger partial charge in [-0.1, -0.05) is 29.7 Å². The lowest BCUT2D eigenvalue weighted by molar-refractivity contribution is -0.677. The van der Waals surface area contributed by atoms with Crippen molar-refractivity contribution in [3.8, 4) is 0 Å². The molecular weight excluding hydrogens is 1110 g/mol. The normalized spacial score (nSPS) is 11.0. The van der Waals surface area contributed by atoms with Gasteiger partial charge in [-0.3, -0.25) is 0 Å². The molecule has 0 bridgehead atoms. The number of nitrogens with zero attached hydrogens (tertiary/aromatic N) is 16. The third kappa shape index (κ3) is 21.0. The number of hydrogen-bond acceptors (Lipinski definition) is 16. The fraction of sp³-hybridized carbons (Fsp3) is 0.429. The van der Waals surface area contributed by atoms with Crippen molar-refractivity contribution in [2.24, 2.45) is 40.9 Å². The first kappa shape index (κ1) is 70.3. The van der Waals surface area contributed by atoms with E-state index in [9.17, 15) is 0 Å². The predicted octanol–water partition coefficient (Wildman–Crippen LogP) is 18.9. The second-order valence-electron chi connectivity index (χ2n) is 18.1. The third-order valence-corrected chi connectivity index (χ3v) is 16.5. The Hall–Kier alpha value is -7.00. The monoisotopic (exact) mass is 1200 g/mol. The van der Waals surface area contributed by atoms with E-state index in [0.29, 0.717) is 0 Å². The molecule has 446 valence electrons. The zero-order valence-corrected chi connectivity index (χ0v) is 50.5. The molecule has 0 aliphatic carbocycles. The Morgan fingerprint density at radius 2 is 0.494 bits per heavy atom. The van der Waals surface area contributed by atoms with Crippen LogP contribution >= 0.6 is 45.3 Å². The zero-order chi connectivity index (χ0) is 55.6. The van der Waals surface area contributed by atoms with Gasteiger partial charge in [0.15, 0.2) is 0 Å². The standard InChI is InChI=1S/C30H40N8S2.C29H38N8S2.4CH4/c1-5-35(27-15-11-25(12-16-27)31-33-29-37(7-3)21-23-39-29)19-9-10-20-36(6-2)28-17-13-26(14-18-28)32-34-30-38(8-4)22-24-40-30;1-5-34(26-14-10-24(11-15-26)30-32-28-36(7-3)20-22-38-28)18-9-19-35(6-2)27-16-12-25(13-17-27)31-33-29-37(8-4)21-23-39-29;;;;/h11-18,21-24H,5-10,19-20H2,1-4H3;10-17,20-23H,5-9,18-19H2,1-4H3;4*1H4/q2*+2;;;;. The molecule has 0 unspecified atom stereocenters. The minimum absolute atomic E-state index is 0. The first-order chi connectivity index (χ1) is 38.8. The van der Waals surface area contributed by atoms with Crippen LogP contribution in [0.2, 0.25) is 0 Å². The molecular formula is C63H94N16S4+4. The van der Waals surface area contributed by atoms with Gasteiger partial charge in [0.1, 0.15) is 47.5 Å². The molecule has 0 atom stereocenters. The summed E-state index contributed by atoms with van der Waals surface area (Å²) >= 11 is 6.41. The summed E-state index contributed by atoms with van der Waals surface area (Å²) in [5, 5.41) is 47.2. The molecule has 0 aliphatic heterocycles. The highest BCUT2D eigenvalue weighted by molar-refractivity contribution is 7.13. The van der Waals surface area contributed by atoms with Crippen LogP contribution in [0.25, 0.3) is 0 Å². The van der Waals surface area contributed by atoms with Crippen LogP contribution in [0.4, 0.5) is 66.0 Å². The smallest absolute Gasteiger partial charge is 0.372 e. The van der Waals surface area contributed by atoms with Crippen molar-refractivity contribution in [1.82, 2.24) is 0 Å². The molecule has 0 spiro atoms. The van der Waals surface area contributed by atoms with Crippen LogP contribution in [0.3, 0.4) is 0 Å². The van der Waals surface area contributed by atoms with Crippen molar-refractivity contribution >= 4 is 111 Å². The average Bonchev–Trinajstić information content (AvgIpc) is 4.40. The maximum absolute atomic E-state index is 4.43. The van der Waals surface area contributed by atoms with Gasteiger partial charge in [0.25, 0.3) is 0 Å². The van der Waals surface area contributed by atoms with E-state index in [0.717, 1.165) is 141 Å². The van der Waals surface area contributed by atoms with Gasteiger partial charge in [-0.2, -0.15) is 0 Å². The van der Waals surface area contributed by atoms with Crippen LogP contribution in [0, 0.1) is 0 Å². The summed E-state index contributed by atoms with van der Waals surface area (Å²) in [5.74, 6) is 0. The van der Waals surface area contributed by atoms with Crippen LogP contribution in [-0.2, 0) is 26.2 Å². The van der Waals surface area contributed by atoms with E-state index < -0.39 is 0 Å². The summed E-state index contributed by atoms with van der Waals surface area (Å²) in [6.45, 7) is 28.8. The van der Waals surface area contributed by atoms with Crippen LogP contribution < -0.4 is 37.9 Å². The summed E-state index contributed by atoms with van der Waals surface area (Å²) in [6, 6.07) is 33.6. The minimum Gasteiger partial charge on any atom is -0.372 e. The van der Waals surface area contributed by atoms with Gasteiger partial charge in [-0.05, 0) is 238 Å². The van der Waals surface area contributed by atoms with E-state index in [1.807, 2.05) is 70.6 Å². The fourth-order valence-corrected chi connectivity index (χ4v) is 11.7. The second-order valence-corrected chi connectivity index (χ2v) is 21.6. The summed E-state index contributed by atoms with van der Waals surface area (Å²) in [7, 11) is 0. The number of hydrogen-bond donors (Lipinski definition) is 0. The maximum atomic E-state index is 4.43. The molecule has 0 fully saturated rings. The molecule has 8 aromatic rings. The Morgan fingerprint density at radius 3 is 0.687 bits per heavy atom. The molecule has 8 rings (SSSR count). The Labute approximate surface area is 513 Å². The van der Waals surface area contributed by atoms with Crippen LogP contribution in [0.1, 0.15) is 104 Å². The molecule has 0 radical (unpaired) electrons. The average molecular weight is 1200 g/mol. The summed E-state index contributed by atoms with van der Waals surface area (Å²) in [5.41, 5.74) is 8.36. The van der Waals surface area contributed by atoms with Gasteiger partial charge in [-0.25, -0.2) is 18.3 Å². The number of unbranched alkanes of at least 4 members (excludes halogenated alkanes) is 1. The number of benzene rings is 4. The molecule has 0 aliphatic rings. The lowest BCUT2D eigenvalue weighted by atomic mass is 10.2. The van der Waals surface area contributed by atoms with Gasteiger partial charge in [-0.15, -0.1) is 0 Å². The van der Waals surface area contributed by atoms with Crippen molar-refractivity contribution < 1.29 is 18.3 Å². The Balaban J connectivity index is 0.000000415. The number of rotatable bonds is 29. The van der Waals surface area contributed by atoms with Gasteiger partial charge in [0.2, 0.25) is 0 Å². The van der Waals surface area contributed by atoms with E-state index in [-0.39, 0.29) is 29.7 Å². The van der Waals surface area contributed by atoms with Crippen molar-refractivity contribution in [1.29, 1.82) is 0 Å². The number of thiazole rings is 4. The van der Waals surface area contributed by atoms with Crippen molar-refractivity contribution in [2.45, 2.75) is 131 Å². The molecule has 83 heavy (non-hydrogen) atoms. The van der Waals surface area contributed by atoms with E-state index in [2.05, 4.69) is 207 Å². The Bertz CT molecular complexity index is 2910. The molecule has 0 saturated carbocycles. The number of aromatic nitrogens is 4. The highest BCUT2D eigenvalue weighted by atomic mass is 32.1. The molecule has 0 N–H and O–H groups in total. The lowest BCUT2D eigenvalue weighted by Crippen LogP contribution is -2.30. The molecule has 4 heterocycles. The number of azo groups is 4. The maximum Gasteiger partial charge on any atom is 0.408 e. The van der Waals surface area contributed by atoms with Crippen molar-refractivity contribution in [3.05, 3.63) is 143 Å². The van der Waals surface area contributed by atoms with Crippen molar-refractivity contribution in [3.63, 3.8) is 0 Å². The number of aryl methyl sites for hydroxylation is 4. The van der Waals surface area contributed by atoms with Crippen molar-refractivity contribution in [2.75, 3.05) is 72.0 Å². The largest absolute Gasteiger partial charge is 0.408 e. The predicted molar refractivity (Wildman–Crippen MR) is 356 cm³/mol. The first-order valence-corrected chi connectivity index (χ1v) is 31.3. The molecule has 16 nitrogen and oxygen atoms in total. The number of anilines is 4. The first-order valence-electron chi connectivity index (χ1n) is 27.7. The zero-order valence-electron chi connectivity index (χ0n) is 47.3. The van der Waals surface area contributed by atoms with E-state index in [1.165, 1.54) is 22.7 Å². The highest BCUT2D eigenvalue weighted by Crippen LogP contribution is 2.28. The van der Waals surface area contributed by atoms with E-state index in [4.69, 9.17) is 0 Å². The lowest BCUT2D eigenvalue weighted by Gasteiger charge is -2.27. The molecule has 0 amide bonds. The summed E-state index contributed by atoms with van der Waals surface area (Å²) < 4.78 is 8.37. The van der Waals surface area contributed by atoms with Crippen LogP contribution in [0.5, 0.6) is 0 Å². The summed E-state index contributed by atoms with van der Waals surface area (Å²) in [4.78, 5) is 9.68. The Morgan fingerprint density at radius 1 is 0.289 bits per heavy atom. The molecule has 20 heteroatoms. The SMILES string of the molecule is C.C.C.C.CCN(CCCCN(CC)c1ccc(N=Nc2scc[n+]2CC)cc1)c1ccc(N=Nc2scc[n+]2CC)cc1.CCN(CCCN(CC)c1ccc(N=Nc2scc[n+]2CC)cc1)c1ccc(N=Nc2scc[n+]2CC)cc1. The highest BCUT2D eigenvalue weighted by Gasteiger charge is 2.15. The fourth-order valence-electron chi connectivity index (χ4n) is 8.73.